The zero-order valence-electron chi connectivity index (χ0n) is 11.2. The highest BCUT2D eigenvalue weighted by molar-refractivity contribution is 7.13. The number of aromatic nitrogens is 4. The minimum Gasteiger partial charge on any atom is -0.466 e. The molecule has 0 amide bonds. The molecule has 2 aromatic rings. The fourth-order valence-corrected chi connectivity index (χ4v) is 2.96. The van der Waals surface area contributed by atoms with Gasteiger partial charge in [0, 0.05) is 18.5 Å². The Morgan fingerprint density at radius 2 is 2.40 bits per heavy atom. The highest BCUT2D eigenvalue weighted by Gasteiger charge is 2.20. The predicted molar refractivity (Wildman–Crippen MR) is 73.5 cm³/mol. The summed E-state index contributed by atoms with van der Waals surface area (Å²) in [5, 5.41) is 10.8. The second-order valence-corrected chi connectivity index (χ2v) is 5.30. The summed E-state index contributed by atoms with van der Waals surface area (Å²) >= 11 is 1.54. The lowest BCUT2D eigenvalue weighted by molar-refractivity contribution is -0.142. The number of ether oxygens (including phenoxy) is 1. The number of carbonyl (C=O) groups excluding carboxylic acids is 1. The second kappa shape index (κ2) is 5.58. The molecule has 7 nitrogen and oxygen atoms in total. The lowest BCUT2D eigenvalue weighted by atomic mass is 10.3. The van der Waals surface area contributed by atoms with Gasteiger partial charge in [-0.25, -0.2) is 4.98 Å². The van der Waals surface area contributed by atoms with E-state index in [1.165, 1.54) is 0 Å². The molecule has 1 aliphatic rings. The predicted octanol–water partition coefficient (Wildman–Crippen LogP) is 0.860. The summed E-state index contributed by atoms with van der Waals surface area (Å²) in [6.07, 6.45) is 1.98. The molecular formula is C12H15N5O2S. The van der Waals surface area contributed by atoms with Crippen molar-refractivity contribution in [1.29, 1.82) is 0 Å². The molecule has 1 aliphatic heterocycles. The monoisotopic (exact) mass is 293 g/mol. The molecule has 0 aromatic carbocycles. The van der Waals surface area contributed by atoms with Crippen molar-refractivity contribution in [2.24, 2.45) is 0 Å². The minimum atomic E-state index is -0.234. The molecule has 0 atom stereocenters. The zero-order valence-corrected chi connectivity index (χ0v) is 12.0. The van der Waals surface area contributed by atoms with Gasteiger partial charge in [0.1, 0.15) is 6.33 Å². The third-order valence-corrected chi connectivity index (χ3v) is 4.03. The number of carbonyl (C=O) groups is 1. The molecule has 3 heterocycles. The molecule has 0 bridgehead atoms. The summed E-state index contributed by atoms with van der Waals surface area (Å²) in [7, 11) is 0. The van der Waals surface area contributed by atoms with Crippen LogP contribution in [0.4, 0.5) is 5.13 Å². The van der Waals surface area contributed by atoms with Crippen LogP contribution in [0.2, 0.25) is 0 Å². The Hall–Kier alpha value is -1.96. The maximum absolute atomic E-state index is 11.4. The Morgan fingerprint density at radius 1 is 1.50 bits per heavy atom. The van der Waals surface area contributed by atoms with Crippen LogP contribution in [0.1, 0.15) is 18.4 Å². The molecule has 0 saturated carbocycles. The van der Waals surface area contributed by atoms with Crippen LogP contribution in [0, 0.1) is 0 Å². The minimum absolute atomic E-state index is 0.231. The van der Waals surface area contributed by atoms with Crippen molar-refractivity contribution < 1.29 is 9.53 Å². The molecule has 2 aromatic heterocycles. The average molecular weight is 293 g/mol. The fourth-order valence-electron chi connectivity index (χ4n) is 2.11. The Morgan fingerprint density at radius 3 is 3.25 bits per heavy atom. The van der Waals surface area contributed by atoms with Crippen molar-refractivity contribution in [1.82, 2.24) is 19.7 Å². The average Bonchev–Trinajstić information content (AvgIpc) is 3.06. The summed E-state index contributed by atoms with van der Waals surface area (Å²) in [6, 6.07) is 0. The van der Waals surface area contributed by atoms with Crippen LogP contribution in [-0.2, 0) is 29.0 Å². The van der Waals surface area contributed by atoms with E-state index in [-0.39, 0.29) is 12.4 Å². The number of anilines is 1. The lowest BCUT2D eigenvalue weighted by Crippen LogP contribution is -2.33. The van der Waals surface area contributed by atoms with Gasteiger partial charge in [-0.15, -0.1) is 21.5 Å². The fraction of sp³-hybridized carbons (Fsp3) is 0.500. The maximum atomic E-state index is 11.4. The molecule has 0 radical (unpaired) electrons. The summed E-state index contributed by atoms with van der Waals surface area (Å²) in [5.41, 5.74) is 0.760. The summed E-state index contributed by atoms with van der Waals surface area (Å²) < 4.78 is 6.97. The molecule has 0 N–H and O–H groups in total. The zero-order chi connectivity index (χ0) is 13.9. The third-order valence-electron chi connectivity index (χ3n) is 3.08. The van der Waals surface area contributed by atoms with Crippen molar-refractivity contribution >= 4 is 22.4 Å². The van der Waals surface area contributed by atoms with E-state index < -0.39 is 0 Å². The number of hydrogen-bond acceptors (Lipinski definition) is 7. The van der Waals surface area contributed by atoms with Crippen LogP contribution in [0.25, 0.3) is 0 Å². The van der Waals surface area contributed by atoms with Crippen LogP contribution in [0.3, 0.4) is 0 Å². The van der Waals surface area contributed by atoms with Gasteiger partial charge in [0.15, 0.2) is 11.0 Å². The summed E-state index contributed by atoms with van der Waals surface area (Å²) in [6.45, 7) is 4.63. The van der Waals surface area contributed by atoms with Gasteiger partial charge in [-0.2, -0.15) is 0 Å². The third kappa shape index (κ3) is 2.64. The van der Waals surface area contributed by atoms with E-state index in [2.05, 4.69) is 20.1 Å². The molecule has 0 fully saturated rings. The largest absolute Gasteiger partial charge is 0.466 e. The van der Waals surface area contributed by atoms with E-state index in [0.717, 1.165) is 29.7 Å². The van der Waals surface area contributed by atoms with Crippen molar-refractivity contribution in [3.05, 3.63) is 23.2 Å². The molecule has 106 valence electrons. The van der Waals surface area contributed by atoms with Crippen LogP contribution >= 0.6 is 11.3 Å². The molecule has 8 heteroatoms. The smallest absolute Gasteiger partial charge is 0.311 e. The molecule has 20 heavy (non-hydrogen) atoms. The first-order valence-electron chi connectivity index (χ1n) is 6.48. The number of fused-ring (bicyclic) bond motifs is 1. The highest BCUT2D eigenvalue weighted by Crippen LogP contribution is 2.24. The first-order chi connectivity index (χ1) is 9.76. The summed E-state index contributed by atoms with van der Waals surface area (Å²) in [5.74, 6) is 0.709. The molecule has 3 rings (SSSR count). The van der Waals surface area contributed by atoms with E-state index >= 15 is 0 Å². The van der Waals surface area contributed by atoms with Gasteiger partial charge in [-0.1, -0.05) is 0 Å². The van der Waals surface area contributed by atoms with Crippen molar-refractivity contribution in [2.75, 3.05) is 18.1 Å². The first-order valence-corrected chi connectivity index (χ1v) is 7.36. The Labute approximate surface area is 120 Å². The van der Waals surface area contributed by atoms with Crippen LogP contribution in [0.5, 0.6) is 0 Å². The SMILES string of the molecule is CCOC(=O)Cc1csc(N2CCn3cnnc3C2)n1. The number of rotatable bonds is 4. The van der Waals surface area contributed by atoms with E-state index in [4.69, 9.17) is 4.74 Å². The van der Waals surface area contributed by atoms with Gasteiger partial charge in [0.25, 0.3) is 0 Å². The second-order valence-electron chi connectivity index (χ2n) is 4.47. The molecular weight excluding hydrogens is 278 g/mol. The Kier molecular flexibility index (Phi) is 3.64. The standard InChI is InChI=1S/C12H15N5O2S/c1-2-19-11(18)5-9-7-20-12(14-9)16-3-4-17-8-13-15-10(17)6-16/h7-8H,2-6H2,1H3. The van der Waals surface area contributed by atoms with Crippen molar-refractivity contribution in [3.8, 4) is 0 Å². The van der Waals surface area contributed by atoms with Gasteiger partial charge in [-0.05, 0) is 6.92 Å². The van der Waals surface area contributed by atoms with Crippen molar-refractivity contribution in [3.63, 3.8) is 0 Å². The Balaban J connectivity index is 1.67. The molecule has 0 unspecified atom stereocenters. The molecule has 0 spiro atoms. The Bertz CT molecular complexity index is 609. The molecule has 0 aliphatic carbocycles. The van der Waals surface area contributed by atoms with E-state index in [9.17, 15) is 4.79 Å². The van der Waals surface area contributed by atoms with Gasteiger partial charge in [-0.3, -0.25) is 4.79 Å². The topological polar surface area (TPSA) is 73.1 Å². The van der Waals surface area contributed by atoms with Crippen LogP contribution in [-0.4, -0.2) is 38.9 Å². The number of esters is 1. The first kappa shape index (κ1) is 13.0. The van der Waals surface area contributed by atoms with E-state index in [1.54, 1.807) is 24.6 Å². The summed E-state index contributed by atoms with van der Waals surface area (Å²) in [4.78, 5) is 18.1. The van der Waals surface area contributed by atoms with Gasteiger partial charge < -0.3 is 14.2 Å². The van der Waals surface area contributed by atoms with E-state index in [1.807, 2.05) is 9.95 Å². The highest BCUT2D eigenvalue weighted by atomic mass is 32.1. The van der Waals surface area contributed by atoms with Crippen LogP contribution < -0.4 is 4.90 Å². The number of thiazole rings is 1. The molecule has 0 saturated heterocycles. The quantitative estimate of drug-likeness (QED) is 0.779. The maximum Gasteiger partial charge on any atom is 0.311 e. The van der Waals surface area contributed by atoms with Gasteiger partial charge >= 0.3 is 5.97 Å². The van der Waals surface area contributed by atoms with Gasteiger partial charge in [0.2, 0.25) is 0 Å². The number of nitrogens with zero attached hydrogens (tertiary/aromatic N) is 5. The van der Waals surface area contributed by atoms with E-state index in [0.29, 0.717) is 13.2 Å². The van der Waals surface area contributed by atoms with Crippen LogP contribution in [0.15, 0.2) is 11.7 Å². The number of hydrogen-bond donors (Lipinski definition) is 0. The normalized spacial score (nSPS) is 14.2. The van der Waals surface area contributed by atoms with Gasteiger partial charge in [0.05, 0.1) is 25.3 Å². The lowest BCUT2D eigenvalue weighted by Gasteiger charge is -2.26. The van der Waals surface area contributed by atoms with Crippen molar-refractivity contribution in [2.45, 2.75) is 26.4 Å².